The summed E-state index contributed by atoms with van der Waals surface area (Å²) in [5.41, 5.74) is 0.213. The van der Waals surface area contributed by atoms with Crippen LogP contribution in [0.1, 0.15) is 23.7 Å². The number of carbonyl (C=O) groups is 1. The summed E-state index contributed by atoms with van der Waals surface area (Å²) in [7, 11) is 0. The highest BCUT2D eigenvalue weighted by atomic mass is 19.1. The largest absolute Gasteiger partial charge is 0.380 e. The van der Waals surface area contributed by atoms with Gasteiger partial charge in [-0.25, -0.2) is 8.78 Å². The van der Waals surface area contributed by atoms with Crippen LogP contribution in [-0.4, -0.2) is 17.4 Å². The third-order valence-electron chi connectivity index (χ3n) is 2.79. The number of carbonyl (C=O) groups excluding carboxylic acids is 1. The van der Waals surface area contributed by atoms with E-state index in [9.17, 15) is 13.6 Å². The molecule has 1 amide bonds. The number of benzene rings is 1. The molecule has 2 rings (SSSR count). The highest BCUT2D eigenvalue weighted by Gasteiger charge is 2.15. The molecule has 0 radical (unpaired) electrons. The minimum Gasteiger partial charge on any atom is -0.380 e. The number of pyridine rings is 1. The summed E-state index contributed by atoms with van der Waals surface area (Å²) in [6.45, 7) is 2.34. The van der Waals surface area contributed by atoms with Gasteiger partial charge in [-0.05, 0) is 30.7 Å². The fourth-order valence-corrected chi connectivity index (χ4v) is 1.76. The Morgan fingerprint density at radius 1 is 1.19 bits per heavy atom. The zero-order valence-corrected chi connectivity index (χ0v) is 11.5. The average molecular weight is 291 g/mol. The highest BCUT2D eigenvalue weighted by molar-refractivity contribution is 6.04. The van der Waals surface area contributed by atoms with Crippen molar-refractivity contribution in [1.82, 2.24) is 4.98 Å². The third-order valence-corrected chi connectivity index (χ3v) is 2.79. The summed E-state index contributed by atoms with van der Waals surface area (Å²) in [4.78, 5) is 15.8. The predicted molar refractivity (Wildman–Crippen MR) is 77.3 cm³/mol. The van der Waals surface area contributed by atoms with Gasteiger partial charge in [-0.15, -0.1) is 0 Å². The van der Waals surface area contributed by atoms with Crippen molar-refractivity contribution >= 4 is 17.3 Å². The zero-order valence-electron chi connectivity index (χ0n) is 11.5. The first-order chi connectivity index (χ1) is 10.1. The Bertz CT molecular complexity index is 609. The molecule has 0 bridgehead atoms. The van der Waals surface area contributed by atoms with E-state index in [4.69, 9.17) is 0 Å². The van der Waals surface area contributed by atoms with Gasteiger partial charge in [-0.2, -0.15) is 0 Å². The Balaban J connectivity index is 2.19. The molecule has 0 unspecified atom stereocenters. The highest BCUT2D eigenvalue weighted by Crippen LogP contribution is 2.21. The van der Waals surface area contributed by atoms with Crippen molar-refractivity contribution in [3.8, 4) is 0 Å². The summed E-state index contributed by atoms with van der Waals surface area (Å²) in [5, 5.41) is 5.20. The number of hydrogen-bond donors (Lipinski definition) is 2. The first-order valence-electron chi connectivity index (χ1n) is 6.56. The van der Waals surface area contributed by atoms with E-state index >= 15 is 0 Å². The normalized spacial score (nSPS) is 10.2. The van der Waals surface area contributed by atoms with E-state index in [1.165, 1.54) is 12.4 Å². The number of halogens is 2. The van der Waals surface area contributed by atoms with Gasteiger partial charge in [0.05, 0.1) is 0 Å². The lowest BCUT2D eigenvalue weighted by Crippen LogP contribution is -2.14. The number of nitrogens with zero attached hydrogens (tertiary/aromatic N) is 1. The molecule has 110 valence electrons. The predicted octanol–water partition coefficient (Wildman–Crippen LogP) is 3.43. The maximum absolute atomic E-state index is 13.8. The minimum absolute atomic E-state index is 0.0798. The molecule has 0 saturated heterocycles. The Labute approximate surface area is 121 Å². The van der Waals surface area contributed by atoms with E-state index in [1.807, 2.05) is 6.92 Å². The lowest BCUT2D eigenvalue weighted by molar-refractivity contribution is 0.102. The molecular formula is C15H15F2N3O. The number of aromatic nitrogens is 1. The number of nitrogens with one attached hydrogen (secondary N) is 2. The fraction of sp³-hybridized carbons (Fsp3) is 0.200. The molecule has 21 heavy (non-hydrogen) atoms. The second kappa shape index (κ2) is 6.78. The Kier molecular flexibility index (Phi) is 4.81. The van der Waals surface area contributed by atoms with Crippen molar-refractivity contribution in [1.29, 1.82) is 0 Å². The first kappa shape index (κ1) is 14.9. The van der Waals surface area contributed by atoms with Gasteiger partial charge < -0.3 is 10.6 Å². The molecule has 1 aromatic heterocycles. The van der Waals surface area contributed by atoms with Crippen LogP contribution in [0.5, 0.6) is 0 Å². The maximum atomic E-state index is 13.8. The van der Waals surface area contributed by atoms with Gasteiger partial charge in [0, 0.05) is 30.2 Å². The number of rotatable bonds is 5. The molecule has 0 atom stereocenters. The van der Waals surface area contributed by atoms with Crippen LogP contribution in [0.2, 0.25) is 0 Å². The maximum Gasteiger partial charge on any atom is 0.255 e. The van der Waals surface area contributed by atoms with Crippen molar-refractivity contribution in [3.05, 3.63) is 53.9 Å². The number of amides is 1. The summed E-state index contributed by atoms with van der Waals surface area (Å²) in [6, 6.07) is 5.19. The van der Waals surface area contributed by atoms with E-state index in [0.717, 1.165) is 18.6 Å². The topological polar surface area (TPSA) is 54.0 Å². The van der Waals surface area contributed by atoms with Crippen LogP contribution in [0.4, 0.5) is 20.2 Å². The molecule has 0 fully saturated rings. The molecule has 2 N–H and O–H groups in total. The summed E-state index contributed by atoms with van der Waals surface area (Å²) in [6.07, 6.45) is 3.76. The molecule has 0 aliphatic carbocycles. The molecule has 1 aromatic carbocycles. The Hall–Kier alpha value is -2.50. The second-order valence-corrected chi connectivity index (χ2v) is 4.43. The minimum atomic E-state index is -0.789. The van der Waals surface area contributed by atoms with E-state index in [2.05, 4.69) is 15.6 Å². The van der Waals surface area contributed by atoms with E-state index in [0.29, 0.717) is 12.2 Å². The third kappa shape index (κ3) is 3.75. The SMILES string of the molecule is CCCNc1c(F)cc(C(=O)Nc2ccncc2)cc1F. The van der Waals surface area contributed by atoms with Gasteiger partial charge in [-0.1, -0.05) is 6.92 Å². The molecular weight excluding hydrogens is 276 g/mol. The molecule has 0 aliphatic heterocycles. The second-order valence-electron chi connectivity index (χ2n) is 4.43. The van der Waals surface area contributed by atoms with Gasteiger partial charge in [0.25, 0.3) is 5.91 Å². The molecule has 6 heteroatoms. The van der Waals surface area contributed by atoms with Crippen LogP contribution < -0.4 is 10.6 Å². The van der Waals surface area contributed by atoms with Gasteiger partial charge in [-0.3, -0.25) is 9.78 Å². The molecule has 0 aliphatic rings. The molecule has 0 saturated carbocycles. The van der Waals surface area contributed by atoms with Crippen LogP contribution >= 0.6 is 0 Å². The van der Waals surface area contributed by atoms with Crippen LogP contribution in [-0.2, 0) is 0 Å². The van der Waals surface area contributed by atoms with Crippen molar-refractivity contribution < 1.29 is 13.6 Å². The van der Waals surface area contributed by atoms with E-state index in [1.54, 1.807) is 12.1 Å². The van der Waals surface area contributed by atoms with E-state index in [-0.39, 0.29) is 11.3 Å². The molecule has 2 aromatic rings. The van der Waals surface area contributed by atoms with Crippen LogP contribution in [0.25, 0.3) is 0 Å². The summed E-state index contributed by atoms with van der Waals surface area (Å²) in [5.74, 6) is -2.16. The lowest BCUT2D eigenvalue weighted by atomic mass is 10.1. The van der Waals surface area contributed by atoms with Crippen molar-refractivity contribution in [2.24, 2.45) is 0 Å². The Morgan fingerprint density at radius 2 is 1.81 bits per heavy atom. The quantitative estimate of drug-likeness (QED) is 0.887. The zero-order chi connectivity index (χ0) is 15.2. The van der Waals surface area contributed by atoms with E-state index < -0.39 is 17.5 Å². The van der Waals surface area contributed by atoms with Crippen molar-refractivity contribution in [3.63, 3.8) is 0 Å². The van der Waals surface area contributed by atoms with Gasteiger partial charge in [0.2, 0.25) is 0 Å². The fourth-order valence-electron chi connectivity index (χ4n) is 1.76. The van der Waals surface area contributed by atoms with Crippen LogP contribution in [0.3, 0.4) is 0 Å². The first-order valence-corrected chi connectivity index (χ1v) is 6.56. The smallest absolute Gasteiger partial charge is 0.255 e. The Morgan fingerprint density at radius 3 is 2.38 bits per heavy atom. The lowest BCUT2D eigenvalue weighted by Gasteiger charge is -2.10. The van der Waals surface area contributed by atoms with Gasteiger partial charge >= 0.3 is 0 Å². The van der Waals surface area contributed by atoms with Crippen molar-refractivity contribution in [2.75, 3.05) is 17.2 Å². The number of hydrogen-bond acceptors (Lipinski definition) is 3. The van der Waals surface area contributed by atoms with Gasteiger partial charge in [0.1, 0.15) is 17.3 Å². The summed E-state index contributed by atoms with van der Waals surface area (Å²) >= 11 is 0. The van der Waals surface area contributed by atoms with Gasteiger partial charge in [0.15, 0.2) is 0 Å². The molecule has 4 nitrogen and oxygen atoms in total. The van der Waals surface area contributed by atoms with Crippen molar-refractivity contribution in [2.45, 2.75) is 13.3 Å². The van der Waals surface area contributed by atoms with Crippen LogP contribution in [0.15, 0.2) is 36.7 Å². The molecule has 1 heterocycles. The monoisotopic (exact) mass is 291 g/mol. The molecule has 0 spiro atoms. The standard InChI is InChI=1S/C15H15F2N3O/c1-2-5-19-14-12(16)8-10(9-13(14)17)15(21)20-11-3-6-18-7-4-11/h3-4,6-9,19H,2,5H2,1H3,(H,18,20,21). The number of anilines is 2. The van der Waals surface area contributed by atoms with Crippen LogP contribution in [0, 0.1) is 11.6 Å². The average Bonchev–Trinajstić information content (AvgIpc) is 2.47. The summed E-state index contributed by atoms with van der Waals surface area (Å²) < 4.78 is 27.7.